The minimum absolute atomic E-state index is 0. The molecule has 10 rings (SSSR count). The van der Waals surface area contributed by atoms with E-state index in [9.17, 15) is 41.1 Å². The number of carbonyl (C=O) groups is 4. The summed E-state index contributed by atoms with van der Waals surface area (Å²) in [4.78, 5) is 64.5. The monoisotopic (exact) mass is 1900 g/mol. The summed E-state index contributed by atoms with van der Waals surface area (Å²) in [5.41, 5.74) is 7.24. The molecule has 10 aromatic rings. The number of hydrogen-bond acceptors (Lipinski definition) is 13. The molecular formula is C74H83F5Ir3N9O8-10. The summed E-state index contributed by atoms with van der Waals surface area (Å²) in [7, 11) is 0. The standard InChI is InChI=1S/C16H14NO4.C14H10F2NO2.C14H12NO2.C12H9FN.C11H6F2N.3CH4.4CH3.3Ir.4H2N/c1-12(18)20-11-16(19)21-10-13-5-7-14(8-6-13)15-4-2-3-9-17-15;1-2-19-14(18)12-10(15)7-6-9(13(12)16)11-5-3-4-8-17-11;1-11(16)17-10-12-5-7-13(8-6-12)14-4-2-3-9-15-14;1-9-5-6-10(11(13)8-9)12-4-2-3-7-14-12;12-8-4-5-9(10(13)7-8)11-3-1-2-6-14-11;;;;;;;;;;;;;;/h2-7,9H,10-11H2,1H3;3-5,7-8H,2H2,1H3;2-7,9H,10H2,1H3;2-5,7-8H,1H3;1-4,6-7H;3*1H4;4*1H3;;;;4*1H2/q5*-1;;;;4*-1;;;+3;4*-1. The molecule has 0 fully saturated rings. The summed E-state index contributed by atoms with van der Waals surface area (Å²) in [5, 5.41) is 0. The van der Waals surface area contributed by atoms with Crippen LogP contribution in [-0.4, -0.2) is 62.0 Å². The third-order valence-corrected chi connectivity index (χ3v) is 11.0. The Labute approximate surface area is 622 Å². The Kier molecular flexibility index (Phi) is 63.9. The maximum atomic E-state index is 14.2. The molecule has 0 aliphatic carbocycles. The molecule has 2 radical (unpaired) electrons. The quantitative estimate of drug-likeness (QED) is 0.0449. The maximum Gasteiger partial charge on any atom is 3.00 e. The number of esters is 4. The molecule has 0 unspecified atom stereocenters. The summed E-state index contributed by atoms with van der Waals surface area (Å²) in [6, 6.07) is 57.9. The molecule has 0 aliphatic heterocycles. The van der Waals surface area contributed by atoms with E-state index >= 15 is 0 Å². The van der Waals surface area contributed by atoms with E-state index in [-0.39, 0.29) is 192 Å². The van der Waals surface area contributed by atoms with E-state index in [4.69, 9.17) is 9.47 Å². The molecule has 0 saturated carbocycles. The van der Waals surface area contributed by atoms with Crippen LogP contribution < -0.4 is 0 Å². The van der Waals surface area contributed by atoms with Gasteiger partial charge in [0.25, 0.3) is 0 Å². The van der Waals surface area contributed by atoms with Crippen LogP contribution in [0.5, 0.6) is 0 Å². The van der Waals surface area contributed by atoms with E-state index in [0.29, 0.717) is 17.0 Å². The van der Waals surface area contributed by atoms with Crippen LogP contribution >= 0.6 is 0 Å². The Bertz CT molecular complexity index is 3680. The van der Waals surface area contributed by atoms with Gasteiger partial charge in [0.1, 0.15) is 0 Å². The Balaban J connectivity index is -0.000000142. The first-order valence-corrected chi connectivity index (χ1v) is 25.7. The van der Waals surface area contributed by atoms with Gasteiger partial charge in [0.15, 0.2) is 6.61 Å². The van der Waals surface area contributed by atoms with Crippen LogP contribution in [0.15, 0.2) is 189 Å². The molecule has 5 aromatic carbocycles. The van der Waals surface area contributed by atoms with Crippen molar-refractivity contribution in [2.75, 3.05) is 13.2 Å². The molecule has 25 heteroatoms. The Morgan fingerprint density at radius 1 is 0.434 bits per heavy atom. The van der Waals surface area contributed by atoms with Crippen molar-refractivity contribution in [1.29, 1.82) is 0 Å². The third kappa shape index (κ3) is 36.5. The summed E-state index contributed by atoms with van der Waals surface area (Å²) in [6.07, 6.45) is 8.12. The Morgan fingerprint density at radius 3 is 1.16 bits per heavy atom. The van der Waals surface area contributed by atoms with Crippen LogP contribution in [0.3, 0.4) is 0 Å². The first-order valence-electron chi connectivity index (χ1n) is 25.7. The average Bonchev–Trinajstić information content (AvgIpc) is 0.814. The molecular weight excluding hydrogens is 1810 g/mol. The summed E-state index contributed by atoms with van der Waals surface area (Å²) >= 11 is 0. The fourth-order valence-corrected chi connectivity index (χ4v) is 7.02. The number of nitrogens with zero attached hydrogens (tertiary/aromatic N) is 5. The van der Waals surface area contributed by atoms with E-state index in [1.165, 1.54) is 26.1 Å². The van der Waals surface area contributed by atoms with Crippen molar-refractivity contribution in [2.24, 2.45) is 0 Å². The summed E-state index contributed by atoms with van der Waals surface area (Å²) in [6.45, 7) is 6.09. The number of nitrogens with two attached hydrogens (primary N) is 4. The molecule has 17 nitrogen and oxygen atoms in total. The number of aryl methyl sites for hydroxylation is 1. The van der Waals surface area contributed by atoms with Gasteiger partial charge in [-0.2, -0.15) is 0 Å². The van der Waals surface area contributed by atoms with Crippen LogP contribution in [0.2, 0.25) is 0 Å². The van der Waals surface area contributed by atoms with Gasteiger partial charge in [0.05, 0.1) is 31.5 Å². The Hall–Kier alpha value is -8.83. The normalized spacial score (nSPS) is 8.66. The van der Waals surface area contributed by atoms with Crippen molar-refractivity contribution < 1.29 is 120 Å². The minimum atomic E-state index is -1.04. The molecule has 0 atom stereocenters. The zero-order valence-electron chi connectivity index (χ0n) is 53.4. The molecule has 0 amide bonds. The molecule has 8 N–H and O–H groups in total. The van der Waals surface area contributed by atoms with E-state index in [1.807, 2.05) is 79.7 Å². The fourth-order valence-electron chi connectivity index (χ4n) is 7.02. The largest absolute Gasteiger partial charge is 3.00 e. The van der Waals surface area contributed by atoms with Crippen molar-refractivity contribution >= 4 is 23.9 Å². The molecule has 0 saturated heterocycles. The number of hydrogen-bond donors (Lipinski definition) is 0. The second-order valence-electron chi connectivity index (χ2n) is 17.4. The SMILES string of the molecule is C.C.C.CC(=O)OCC(=O)OCc1c[c-]c(-c2ccccn2)cc1.CC(=O)OCc1c[c-]c(-c2ccccn2)cc1.CCOC(=O)c1c(F)c[c-]c(-c2ccccn2)c1F.Cc1c[c-]c(-c2ccccn2)c(F)c1.Fc1c[c-]c(-c2ccccn2)c(F)c1.[CH3-].[CH3-].[CH3-].[CH3-].[Ir+3].[Ir].[Ir].[NH2-].[NH2-].[NH2-].[NH2-]. The van der Waals surface area contributed by atoms with Crippen molar-refractivity contribution in [1.82, 2.24) is 24.9 Å². The number of ether oxygens (including phenoxy) is 4. The zero-order valence-corrected chi connectivity index (χ0v) is 60.6. The molecule has 544 valence electrons. The third-order valence-electron chi connectivity index (χ3n) is 11.0. The summed E-state index contributed by atoms with van der Waals surface area (Å²) < 4.78 is 86.0. The minimum Gasteiger partial charge on any atom is -0.693 e. The van der Waals surface area contributed by atoms with Crippen molar-refractivity contribution in [3.05, 3.63) is 325 Å². The second-order valence-corrected chi connectivity index (χ2v) is 17.4. The predicted molar refractivity (Wildman–Crippen MR) is 372 cm³/mol. The van der Waals surface area contributed by atoms with Crippen molar-refractivity contribution in [2.45, 2.75) is 63.2 Å². The average molecular weight is 1900 g/mol. The number of aromatic nitrogens is 5. The van der Waals surface area contributed by atoms with Crippen LogP contribution in [0.1, 0.15) is 70.1 Å². The van der Waals surface area contributed by atoms with Crippen molar-refractivity contribution in [3.63, 3.8) is 0 Å². The van der Waals surface area contributed by atoms with Gasteiger partial charge in [-0.15, -0.1) is 108 Å². The maximum absolute atomic E-state index is 14.2. The number of halogens is 5. The van der Waals surface area contributed by atoms with Crippen LogP contribution in [0, 0.1) is 96.0 Å². The molecule has 0 aliphatic rings. The first kappa shape index (κ1) is 109. The topological polar surface area (TPSA) is 304 Å². The first-order chi connectivity index (χ1) is 41.1. The van der Waals surface area contributed by atoms with Gasteiger partial charge in [-0.3, -0.25) is 31.5 Å². The molecule has 0 bridgehead atoms. The smallest absolute Gasteiger partial charge is 0.693 e. The zero-order chi connectivity index (χ0) is 60.9. The molecule has 5 aromatic heterocycles. The van der Waals surface area contributed by atoms with Crippen LogP contribution in [0.4, 0.5) is 22.0 Å². The number of rotatable bonds is 13. The molecule has 0 spiro atoms. The van der Waals surface area contributed by atoms with Gasteiger partial charge in [0.2, 0.25) is 0 Å². The number of benzene rings is 5. The molecule has 99 heavy (non-hydrogen) atoms. The van der Waals surface area contributed by atoms with Crippen molar-refractivity contribution in [3.8, 4) is 56.3 Å². The Morgan fingerprint density at radius 2 is 0.808 bits per heavy atom. The van der Waals surface area contributed by atoms with Gasteiger partial charge in [0, 0.05) is 108 Å². The summed E-state index contributed by atoms with van der Waals surface area (Å²) in [5.74, 6) is -6.00. The van der Waals surface area contributed by atoms with Gasteiger partial charge in [-0.25, -0.2) is 9.59 Å². The van der Waals surface area contributed by atoms with E-state index < -0.39 is 46.7 Å². The van der Waals surface area contributed by atoms with Crippen LogP contribution in [-0.2, 0) is 107 Å². The number of carbonyl (C=O) groups excluding carboxylic acids is 4. The van der Waals surface area contributed by atoms with E-state index in [2.05, 4.69) is 64.7 Å². The number of pyridine rings is 5. The van der Waals surface area contributed by atoms with Gasteiger partial charge >= 0.3 is 44.0 Å². The van der Waals surface area contributed by atoms with E-state index in [1.54, 1.807) is 92.4 Å². The van der Waals surface area contributed by atoms with Gasteiger partial charge in [-0.1, -0.05) is 124 Å². The predicted octanol–water partition coefficient (Wildman–Crippen LogP) is 20.2. The van der Waals surface area contributed by atoms with Gasteiger partial charge in [-0.05, 0) is 65.7 Å². The van der Waals surface area contributed by atoms with Crippen LogP contribution in [0.25, 0.3) is 80.9 Å². The van der Waals surface area contributed by atoms with E-state index in [0.717, 1.165) is 57.4 Å². The second kappa shape index (κ2) is 58.2. The van der Waals surface area contributed by atoms with Gasteiger partial charge < -0.3 is 98.2 Å². The fraction of sp³-hybridized carbons (Fsp3) is 0.149. The molecule has 5 heterocycles.